The third-order valence-electron chi connectivity index (χ3n) is 5.41. The highest BCUT2D eigenvalue weighted by Crippen LogP contribution is 2.50. The number of likely N-dealkylation sites (N-methyl/N-ethyl adjacent to an activating group) is 1. The van der Waals surface area contributed by atoms with Crippen LogP contribution in [0.3, 0.4) is 0 Å². The number of carboxylic acid groups (broad SMARTS) is 2. The molecule has 0 spiro atoms. The summed E-state index contributed by atoms with van der Waals surface area (Å²) in [6.45, 7) is 10.4. The summed E-state index contributed by atoms with van der Waals surface area (Å²) in [5.41, 5.74) is -2.73. The number of carboxylic acids is 2. The fourth-order valence-electron chi connectivity index (χ4n) is 4.09. The molecular formula is C22H33NO6. The molecule has 0 saturated carbocycles. The first-order valence-corrected chi connectivity index (χ1v) is 9.55. The molecular weight excluding hydrogens is 374 g/mol. The van der Waals surface area contributed by atoms with Gasteiger partial charge in [-0.1, -0.05) is 71.9 Å². The Balaban J connectivity index is 3.44. The zero-order valence-corrected chi connectivity index (χ0v) is 18.4. The van der Waals surface area contributed by atoms with Crippen LogP contribution in [0.4, 0.5) is 4.79 Å². The van der Waals surface area contributed by atoms with Crippen molar-refractivity contribution in [2.24, 2.45) is 16.7 Å². The summed E-state index contributed by atoms with van der Waals surface area (Å²) in [6.07, 6.45) is -1.21. The van der Waals surface area contributed by atoms with Gasteiger partial charge >= 0.3 is 18.0 Å². The number of carbonyl (C=O) groups excluding carboxylic acids is 1. The smallest absolute Gasteiger partial charge is 0.410 e. The van der Waals surface area contributed by atoms with Crippen LogP contribution in [0, 0.1) is 16.7 Å². The van der Waals surface area contributed by atoms with Crippen molar-refractivity contribution in [2.45, 2.75) is 60.1 Å². The molecule has 1 unspecified atom stereocenters. The summed E-state index contributed by atoms with van der Waals surface area (Å²) in [5, 5.41) is 19.9. The maximum atomic E-state index is 12.9. The minimum Gasteiger partial charge on any atom is -0.481 e. The average molecular weight is 408 g/mol. The Kier molecular flexibility index (Phi) is 7.46. The number of ether oxygens (including phenoxy) is 1. The third kappa shape index (κ3) is 5.28. The molecule has 1 aromatic carbocycles. The van der Waals surface area contributed by atoms with E-state index in [-0.39, 0.29) is 6.61 Å². The van der Waals surface area contributed by atoms with Crippen LogP contribution < -0.4 is 0 Å². The number of benzene rings is 1. The Bertz CT molecular complexity index is 732. The van der Waals surface area contributed by atoms with Crippen molar-refractivity contribution in [2.75, 3.05) is 7.05 Å². The molecule has 0 aromatic heterocycles. The summed E-state index contributed by atoms with van der Waals surface area (Å²) in [5.74, 6) is -3.25. The van der Waals surface area contributed by atoms with E-state index >= 15 is 0 Å². The van der Waals surface area contributed by atoms with Gasteiger partial charge in [-0.15, -0.1) is 0 Å². The molecule has 29 heavy (non-hydrogen) atoms. The molecule has 0 radical (unpaired) electrons. The first-order valence-electron chi connectivity index (χ1n) is 9.55. The van der Waals surface area contributed by atoms with Crippen molar-refractivity contribution >= 4 is 18.0 Å². The van der Waals surface area contributed by atoms with E-state index in [2.05, 4.69) is 0 Å². The molecule has 2 N–H and O–H groups in total. The van der Waals surface area contributed by atoms with Crippen molar-refractivity contribution in [1.82, 2.24) is 4.90 Å². The van der Waals surface area contributed by atoms with Crippen LogP contribution in [-0.2, 0) is 20.9 Å². The highest BCUT2D eigenvalue weighted by atomic mass is 16.6. The summed E-state index contributed by atoms with van der Waals surface area (Å²) in [6, 6.07) is 9.05. The molecule has 162 valence electrons. The molecule has 1 aromatic rings. The summed E-state index contributed by atoms with van der Waals surface area (Å²) in [4.78, 5) is 38.3. The van der Waals surface area contributed by atoms with Crippen LogP contribution >= 0.6 is 0 Å². The lowest BCUT2D eigenvalue weighted by Gasteiger charge is -2.54. The van der Waals surface area contributed by atoms with Gasteiger partial charge in [0.15, 0.2) is 5.54 Å². The Hall–Kier alpha value is -2.57. The number of aliphatic carboxylic acids is 2. The topological polar surface area (TPSA) is 104 Å². The van der Waals surface area contributed by atoms with E-state index in [0.717, 1.165) is 10.5 Å². The van der Waals surface area contributed by atoms with E-state index in [1.165, 1.54) is 7.05 Å². The SMILES string of the molecule is CN(C(=O)OCc1ccccc1)[C@](C(=O)O)(C(CC(=O)O)C(C)(C)C)C(C)(C)C. The van der Waals surface area contributed by atoms with Crippen molar-refractivity contribution in [1.29, 1.82) is 0 Å². The Labute approximate surface area is 172 Å². The van der Waals surface area contributed by atoms with Crippen LogP contribution in [0.25, 0.3) is 0 Å². The third-order valence-corrected chi connectivity index (χ3v) is 5.41. The molecule has 1 rings (SSSR count). The zero-order chi connectivity index (χ0) is 22.6. The number of nitrogens with zero attached hydrogens (tertiary/aromatic N) is 1. The summed E-state index contributed by atoms with van der Waals surface area (Å²) in [7, 11) is 1.37. The van der Waals surface area contributed by atoms with E-state index in [9.17, 15) is 24.6 Å². The van der Waals surface area contributed by atoms with E-state index in [1.807, 2.05) is 18.2 Å². The van der Waals surface area contributed by atoms with Gasteiger partial charge in [0.25, 0.3) is 0 Å². The monoisotopic (exact) mass is 407 g/mol. The fourth-order valence-corrected chi connectivity index (χ4v) is 4.09. The number of amides is 1. The second kappa shape index (κ2) is 8.84. The minimum absolute atomic E-state index is 0.0109. The van der Waals surface area contributed by atoms with Crippen molar-refractivity contribution in [3.63, 3.8) is 0 Å². The lowest BCUT2D eigenvalue weighted by molar-refractivity contribution is -0.172. The van der Waals surface area contributed by atoms with Crippen molar-refractivity contribution < 1.29 is 29.3 Å². The second-order valence-corrected chi connectivity index (χ2v) is 9.44. The Morgan fingerprint density at radius 1 is 1.00 bits per heavy atom. The molecule has 0 heterocycles. The molecule has 0 bridgehead atoms. The van der Waals surface area contributed by atoms with E-state index < -0.39 is 46.7 Å². The fraction of sp³-hybridized carbons (Fsp3) is 0.591. The first-order chi connectivity index (χ1) is 13.2. The van der Waals surface area contributed by atoms with E-state index in [1.54, 1.807) is 53.7 Å². The second-order valence-electron chi connectivity index (χ2n) is 9.44. The molecule has 0 aliphatic carbocycles. The number of carbonyl (C=O) groups is 3. The van der Waals surface area contributed by atoms with Gasteiger partial charge in [-0.2, -0.15) is 0 Å². The molecule has 2 atom stereocenters. The Morgan fingerprint density at radius 2 is 1.52 bits per heavy atom. The van der Waals surface area contributed by atoms with Crippen LogP contribution in [0.15, 0.2) is 30.3 Å². The van der Waals surface area contributed by atoms with Crippen LogP contribution in [0.1, 0.15) is 53.5 Å². The number of hydrogen-bond donors (Lipinski definition) is 2. The average Bonchev–Trinajstić information content (AvgIpc) is 2.57. The molecule has 0 aliphatic heterocycles. The van der Waals surface area contributed by atoms with Gasteiger partial charge in [0.1, 0.15) is 6.61 Å². The van der Waals surface area contributed by atoms with Gasteiger partial charge < -0.3 is 14.9 Å². The highest BCUT2D eigenvalue weighted by molar-refractivity contribution is 5.86. The standard InChI is InChI=1S/C22H33NO6/c1-20(2,3)16(13-17(24)25)22(18(26)27,21(4,5)6)23(7)19(28)29-14-15-11-9-8-10-12-15/h8-12,16H,13-14H2,1-7H3,(H,24,25)(H,26,27)/t16?,22-/m0/s1. The quantitative estimate of drug-likeness (QED) is 0.700. The Morgan fingerprint density at radius 3 is 1.90 bits per heavy atom. The molecule has 1 amide bonds. The molecule has 0 aliphatic rings. The number of hydrogen-bond acceptors (Lipinski definition) is 4. The predicted octanol–water partition coefficient (Wildman–Crippen LogP) is 4.26. The van der Waals surface area contributed by atoms with Crippen LogP contribution in [0.2, 0.25) is 0 Å². The van der Waals surface area contributed by atoms with Gasteiger partial charge in [-0.25, -0.2) is 9.59 Å². The van der Waals surface area contributed by atoms with Crippen molar-refractivity contribution in [3.05, 3.63) is 35.9 Å². The van der Waals surface area contributed by atoms with Crippen molar-refractivity contribution in [3.8, 4) is 0 Å². The normalized spacial score (nSPS) is 15.1. The maximum absolute atomic E-state index is 12.9. The van der Waals surface area contributed by atoms with Gasteiger partial charge in [0.05, 0.1) is 6.42 Å². The summed E-state index contributed by atoms with van der Waals surface area (Å²) >= 11 is 0. The number of rotatable bonds is 7. The van der Waals surface area contributed by atoms with E-state index in [4.69, 9.17) is 4.74 Å². The molecule has 0 saturated heterocycles. The lowest BCUT2D eigenvalue weighted by Crippen LogP contribution is -2.69. The van der Waals surface area contributed by atoms with Crippen LogP contribution in [-0.4, -0.2) is 45.7 Å². The molecule has 7 heteroatoms. The van der Waals surface area contributed by atoms with E-state index in [0.29, 0.717) is 0 Å². The summed E-state index contributed by atoms with van der Waals surface area (Å²) < 4.78 is 5.39. The van der Waals surface area contributed by atoms with Gasteiger partial charge in [0, 0.05) is 13.0 Å². The molecule has 0 fully saturated rings. The van der Waals surface area contributed by atoms with Gasteiger partial charge in [-0.05, 0) is 16.4 Å². The van der Waals surface area contributed by atoms with Gasteiger partial charge in [0.2, 0.25) is 0 Å². The largest absolute Gasteiger partial charge is 0.481 e. The van der Waals surface area contributed by atoms with Gasteiger partial charge in [-0.3, -0.25) is 9.69 Å². The first kappa shape index (κ1) is 24.5. The minimum atomic E-state index is -1.81. The predicted molar refractivity (Wildman–Crippen MR) is 109 cm³/mol. The lowest BCUT2D eigenvalue weighted by atomic mass is 9.57. The zero-order valence-electron chi connectivity index (χ0n) is 18.4. The van der Waals surface area contributed by atoms with Crippen LogP contribution in [0.5, 0.6) is 0 Å². The molecule has 7 nitrogen and oxygen atoms in total. The maximum Gasteiger partial charge on any atom is 0.410 e. The highest BCUT2D eigenvalue weighted by Gasteiger charge is 2.62.